The van der Waals surface area contributed by atoms with Gasteiger partial charge in [0.05, 0.1) is 6.54 Å². The maximum atomic E-state index is 11.9. The quantitative estimate of drug-likeness (QED) is 0.829. The molecular weight excluding hydrogens is 242 g/mol. The predicted octanol–water partition coefficient (Wildman–Crippen LogP) is 1.05. The van der Waals surface area contributed by atoms with Crippen LogP contribution in [0.5, 0.6) is 0 Å². The van der Waals surface area contributed by atoms with Gasteiger partial charge in [0.2, 0.25) is 5.91 Å². The van der Waals surface area contributed by atoms with Crippen LogP contribution in [0.1, 0.15) is 32.0 Å². The van der Waals surface area contributed by atoms with E-state index in [9.17, 15) is 4.79 Å². The molecule has 0 spiro atoms. The highest BCUT2D eigenvalue weighted by Crippen LogP contribution is 2.11. The van der Waals surface area contributed by atoms with Crippen molar-refractivity contribution in [2.45, 2.75) is 32.6 Å². The minimum Gasteiger partial charge on any atom is -0.384 e. The van der Waals surface area contributed by atoms with Crippen LogP contribution in [0.3, 0.4) is 0 Å². The number of amides is 1. The molecule has 0 saturated carbocycles. The second-order valence-electron chi connectivity index (χ2n) is 4.79. The molecule has 2 rings (SSSR count). The van der Waals surface area contributed by atoms with Crippen molar-refractivity contribution < 1.29 is 4.79 Å². The van der Waals surface area contributed by atoms with Crippen molar-refractivity contribution in [3.05, 3.63) is 11.9 Å². The van der Waals surface area contributed by atoms with Gasteiger partial charge in [0.25, 0.3) is 0 Å². The fraction of sp³-hybridized carbons (Fsp3) is 0.615. The number of nitrogens with zero attached hydrogens (tertiary/aromatic N) is 3. The topological polar surface area (TPSA) is 84.1 Å². The molecule has 1 saturated heterocycles. The average molecular weight is 263 g/mol. The number of aryl methyl sites for hydroxylation is 1. The van der Waals surface area contributed by atoms with Gasteiger partial charge in [-0.3, -0.25) is 4.79 Å². The molecule has 1 amide bonds. The van der Waals surface area contributed by atoms with E-state index in [0.29, 0.717) is 11.6 Å². The van der Waals surface area contributed by atoms with Crippen LogP contribution >= 0.6 is 0 Å². The summed E-state index contributed by atoms with van der Waals surface area (Å²) in [4.78, 5) is 22.3. The Morgan fingerprint density at radius 3 is 2.84 bits per heavy atom. The first-order chi connectivity index (χ1) is 9.19. The summed E-state index contributed by atoms with van der Waals surface area (Å²) in [5.74, 6) is 1.91. The zero-order valence-electron chi connectivity index (χ0n) is 11.4. The molecule has 19 heavy (non-hydrogen) atoms. The lowest BCUT2D eigenvalue weighted by atomic mass is 10.3. The molecule has 104 valence electrons. The Hall–Kier alpha value is -1.85. The van der Waals surface area contributed by atoms with Gasteiger partial charge in [-0.15, -0.1) is 0 Å². The SMILES string of the molecule is CCCc1nc(N)cc(NCC(=O)N2CCCC2)n1. The maximum absolute atomic E-state index is 11.9. The second kappa shape index (κ2) is 6.36. The zero-order valence-corrected chi connectivity index (χ0v) is 11.4. The largest absolute Gasteiger partial charge is 0.384 e. The minimum absolute atomic E-state index is 0.117. The Morgan fingerprint density at radius 1 is 1.42 bits per heavy atom. The number of nitrogens with one attached hydrogen (secondary N) is 1. The van der Waals surface area contributed by atoms with E-state index in [0.717, 1.165) is 44.6 Å². The van der Waals surface area contributed by atoms with Crippen LogP contribution in [0.15, 0.2) is 6.07 Å². The van der Waals surface area contributed by atoms with Crippen LogP contribution < -0.4 is 11.1 Å². The van der Waals surface area contributed by atoms with Crippen LogP contribution in [0.2, 0.25) is 0 Å². The van der Waals surface area contributed by atoms with Crippen molar-refractivity contribution in [2.24, 2.45) is 0 Å². The molecule has 0 aromatic carbocycles. The summed E-state index contributed by atoms with van der Waals surface area (Å²) in [5, 5.41) is 3.04. The van der Waals surface area contributed by atoms with Crippen molar-refractivity contribution in [1.29, 1.82) is 0 Å². The van der Waals surface area contributed by atoms with Crippen LogP contribution in [0, 0.1) is 0 Å². The Bertz CT molecular complexity index is 443. The number of nitrogen functional groups attached to an aromatic ring is 1. The van der Waals surface area contributed by atoms with E-state index in [4.69, 9.17) is 5.73 Å². The number of rotatable bonds is 5. The van der Waals surface area contributed by atoms with E-state index in [1.807, 2.05) is 4.90 Å². The molecule has 0 bridgehead atoms. The molecule has 0 radical (unpaired) electrons. The Morgan fingerprint density at radius 2 is 2.16 bits per heavy atom. The van der Waals surface area contributed by atoms with E-state index < -0.39 is 0 Å². The lowest BCUT2D eigenvalue weighted by Gasteiger charge is -2.15. The summed E-state index contributed by atoms with van der Waals surface area (Å²) < 4.78 is 0. The molecule has 3 N–H and O–H groups in total. The summed E-state index contributed by atoms with van der Waals surface area (Å²) in [5.41, 5.74) is 5.73. The van der Waals surface area contributed by atoms with Gasteiger partial charge in [-0.2, -0.15) is 0 Å². The highest BCUT2D eigenvalue weighted by Gasteiger charge is 2.17. The fourth-order valence-corrected chi connectivity index (χ4v) is 2.19. The Labute approximate surface area is 113 Å². The van der Waals surface area contributed by atoms with E-state index in [1.54, 1.807) is 6.07 Å². The van der Waals surface area contributed by atoms with E-state index in [1.165, 1.54) is 0 Å². The standard InChI is InChI=1S/C13H21N5O/c1-2-5-11-16-10(14)8-12(17-11)15-9-13(19)18-6-3-4-7-18/h8H,2-7,9H2,1H3,(H3,14,15,16,17). The molecule has 1 fully saturated rings. The van der Waals surface area contributed by atoms with Crippen molar-refractivity contribution in [1.82, 2.24) is 14.9 Å². The van der Waals surface area contributed by atoms with Crippen LogP contribution in [-0.4, -0.2) is 40.4 Å². The van der Waals surface area contributed by atoms with Crippen LogP contribution in [-0.2, 0) is 11.2 Å². The number of hydrogen-bond donors (Lipinski definition) is 2. The molecule has 0 atom stereocenters. The number of carbonyl (C=O) groups excluding carboxylic acids is 1. The highest BCUT2D eigenvalue weighted by molar-refractivity contribution is 5.80. The van der Waals surface area contributed by atoms with Crippen molar-refractivity contribution >= 4 is 17.5 Å². The summed E-state index contributed by atoms with van der Waals surface area (Å²) in [6.07, 6.45) is 3.97. The fourth-order valence-electron chi connectivity index (χ4n) is 2.19. The number of anilines is 2. The third kappa shape index (κ3) is 3.81. The smallest absolute Gasteiger partial charge is 0.241 e. The molecule has 6 heteroatoms. The first kappa shape index (κ1) is 13.6. The number of nitrogens with two attached hydrogens (primary N) is 1. The maximum Gasteiger partial charge on any atom is 0.241 e. The van der Waals surface area contributed by atoms with Gasteiger partial charge in [-0.05, 0) is 19.3 Å². The van der Waals surface area contributed by atoms with Gasteiger partial charge in [0, 0.05) is 25.6 Å². The predicted molar refractivity (Wildman–Crippen MR) is 74.7 cm³/mol. The molecule has 1 aromatic heterocycles. The molecule has 1 aromatic rings. The minimum atomic E-state index is 0.117. The lowest BCUT2D eigenvalue weighted by molar-refractivity contribution is -0.128. The molecule has 6 nitrogen and oxygen atoms in total. The third-order valence-corrected chi connectivity index (χ3v) is 3.15. The molecule has 1 aliphatic heterocycles. The average Bonchev–Trinajstić information content (AvgIpc) is 2.89. The number of carbonyl (C=O) groups is 1. The van der Waals surface area contributed by atoms with Gasteiger partial charge < -0.3 is 16.0 Å². The highest BCUT2D eigenvalue weighted by atomic mass is 16.2. The van der Waals surface area contributed by atoms with E-state index in [-0.39, 0.29) is 12.5 Å². The summed E-state index contributed by atoms with van der Waals surface area (Å²) >= 11 is 0. The number of hydrogen-bond acceptors (Lipinski definition) is 5. The summed E-state index contributed by atoms with van der Waals surface area (Å²) in [6.45, 7) is 4.07. The number of aromatic nitrogens is 2. The van der Waals surface area contributed by atoms with Crippen LogP contribution in [0.25, 0.3) is 0 Å². The zero-order chi connectivity index (χ0) is 13.7. The van der Waals surface area contributed by atoms with Crippen molar-refractivity contribution in [3.8, 4) is 0 Å². The van der Waals surface area contributed by atoms with Gasteiger partial charge in [0.1, 0.15) is 17.5 Å². The number of likely N-dealkylation sites (tertiary alicyclic amines) is 1. The second-order valence-corrected chi connectivity index (χ2v) is 4.79. The molecule has 2 heterocycles. The van der Waals surface area contributed by atoms with E-state index >= 15 is 0 Å². The molecular formula is C13H21N5O. The first-order valence-corrected chi connectivity index (χ1v) is 6.84. The summed E-state index contributed by atoms with van der Waals surface area (Å²) in [6, 6.07) is 1.66. The lowest BCUT2D eigenvalue weighted by Crippen LogP contribution is -2.33. The molecule has 0 aliphatic carbocycles. The summed E-state index contributed by atoms with van der Waals surface area (Å²) in [7, 11) is 0. The Balaban J connectivity index is 1.92. The van der Waals surface area contributed by atoms with Gasteiger partial charge >= 0.3 is 0 Å². The third-order valence-electron chi connectivity index (χ3n) is 3.15. The molecule has 0 unspecified atom stereocenters. The van der Waals surface area contributed by atoms with Crippen LogP contribution in [0.4, 0.5) is 11.6 Å². The van der Waals surface area contributed by atoms with Gasteiger partial charge in [0.15, 0.2) is 0 Å². The van der Waals surface area contributed by atoms with Crippen molar-refractivity contribution in [3.63, 3.8) is 0 Å². The van der Waals surface area contributed by atoms with E-state index in [2.05, 4.69) is 22.2 Å². The monoisotopic (exact) mass is 263 g/mol. The van der Waals surface area contributed by atoms with Gasteiger partial charge in [-0.1, -0.05) is 6.92 Å². The van der Waals surface area contributed by atoms with Crippen molar-refractivity contribution in [2.75, 3.05) is 30.7 Å². The van der Waals surface area contributed by atoms with Gasteiger partial charge in [-0.25, -0.2) is 9.97 Å². The first-order valence-electron chi connectivity index (χ1n) is 6.84. The molecule has 1 aliphatic rings. The Kier molecular flexibility index (Phi) is 4.54. The normalized spacial score (nSPS) is 14.7.